The molecule has 0 radical (unpaired) electrons. The summed E-state index contributed by atoms with van der Waals surface area (Å²) in [6.07, 6.45) is -0.603. The highest BCUT2D eigenvalue weighted by Gasteiger charge is 2.31. The van der Waals surface area contributed by atoms with E-state index in [2.05, 4.69) is 10.1 Å². The van der Waals surface area contributed by atoms with Crippen molar-refractivity contribution in [2.75, 3.05) is 0 Å². The summed E-state index contributed by atoms with van der Waals surface area (Å²) >= 11 is 0. The van der Waals surface area contributed by atoms with Gasteiger partial charge in [-0.3, -0.25) is 9.89 Å². The normalized spacial score (nSPS) is 15.3. The van der Waals surface area contributed by atoms with Crippen LogP contribution in [0.2, 0.25) is 0 Å². The molecule has 4 nitrogen and oxygen atoms in total. The van der Waals surface area contributed by atoms with Crippen LogP contribution in [0.4, 0.5) is 13.2 Å². The van der Waals surface area contributed by atoms with Gasteiger partial charge in [0.1, 0.15) is 0 Å². The number of nitrogens with one attached hydrogen (secondary N) is 1. The number of H-pyrrole nitrogens is 1. The van der Waals surface area contributed by atoms with Gasteiger partial charge in [0.15, 0.2) is 5.65 Å². The Morgan fingerprint density at radius 1 is 1.22 bits per heavy atom. The highest BCUT2D eigenvalue weighted by atomic mass is 19.4. The Balaban J connectivity index is 1.89. The Hall–Kier alpha value is -2.57. The van der Waals surface area contributed by atoms with Crippen LogP contribution in [-0.2, 0) is 6.18 Å². The van der Waals surface area contributed by atoms with E-state index in [4.69, 9.17) is 0 Å². The maximum atomic E-state index is 12.9. The first-order valence-electron chi connectivity index (χ1n) is 7.22. The molecule has 1 aliphatic rings. The Kier molecular flexibility index (Phi) is 2.88. The van der Waals surface area contributed by atoms with E-state index in [1.807, 2.05) is 0 Å². The topological polar surface area (TPSA) is 50.2 Å². The van der Waals surface area contributed by atoms with E-state index < -0.39 is 11.7 Å². The minimum Gasteiger partial charge on any atom is -0.297 e. The van der Waals surface area contributed by atoms with Crippen molar-refractivity contribution in [1.82, 2.24) is 14.6 Å². The summed E-state index contributed by atoms with van der Waals surface area (Å²) < 4.78 is 39.9. The molecule has 0 atom stereocenters. The van der Waals surface area contributed by atoms with E-state index in [9.17, 15) is 18.0 Å². The third-order valence-corrected chi connectivity index (χ3v) is 4.03. The molecule has 0 spiro atoms. The van der Waals surface area contributed by atoms with Crippen molar-refractivity contribution in [1.29, 1.82) is 0 Å². The first-order chi connectivity index (χ1) is 10.9. The fourth-order valence-corrected chi connectivity index (χ4v) is 2.70. The number of nitrogens with zero attached hydrogens (tertiary/aromatic N) is 2. The van der Waals surface area contributed by atoms with Gasteiger partial charge in [0.05, 0.1) is 11.3 Å². The second kappa shape index (κ2) is 4.71. The molecule has 118 valence electrons. The maximum Gasteiger partial charge on any atom is 0.416 e. The van der Waals surface area contributed by atoms with Crippen molar-refractivity contribution in [3.63, 3.8) is 0 Å². The third-order valence-electron chi connectivity index (χ3n) is 4.03. The lowest BCUT2D eigenvalue weighted by Crippen LogP contribution is -2.14. The van der Waals surface area contributed by atoms with Crippen LogP contribution in [-0.4, -0.2) is 14.6 Å². The summed E-state index contributed by atoms with van der Waals surface area (Å²) in [4.78, 5) is 16.6. The number of benzene rings is 1. The van der Waals surface area contributed by atoms with E-state index >= 15 is 0 Å². The second-order valence-corrected chi connectivity index (χ2v) is 5.72. The molecule has 0 aliphatic heterocycles. The number of aromatic amines is 1. The minimum atomic E-state index is -4.43. The molecular weight excluding hydrogens is 307 g/mol. The molecule has 2 aromatic heterocycles. The Bertz CT molecular complexity index is 951. The molecule has 0 bridgehead atoms. The largest absolute Gasteiger partial charge is 0.416 e. The molecule has 1 saturated carbocycles. The number of hydrogen-bond donors (Lipinski definition) is 1. The number of hydrogen-bond acceptors (Lipinski definition) is 2. The van der Waals surface area contributed by atoms with Gasteiger partial charge in [0.2, 0.25) is 0 Å². The van der Waals surface area contributed by atoms with Crippen LogP contribution < -0.4 is 5.56 Å². The van der Waals surface area contributed by atoms with E-state index in [0.29, 0.717) is 11.6 Å². The van der Waals surface area contributed by atoms with Gasteiger partial charge >= 0.3 is 6.18 Å². The average Bonchev–Trinajstić information content (AvgIpc) is 3.26. The number of halogens is 3. The molecular formula is C16H12F3N3O. The molecule has 3 aromatic rings. The van der Waals surface area contributed by atoms with Gasteiger partial charge in [-0.1, -0.05) is 12.1 Å². The SMILES string of the molecule is O=c1cc(-c2cccc(C(F)(F)F)c2)nc2c(C3CC3)c[nH]n12. The zero-order valence-electron chi connectivity index (χ0n) is 11.9. The van der Waals surface area contributed by atoms with Crippen LogP contribution in [0.15, 0.2) is 41.3 Å². The highest BCUT2D eigenvalue weighted by molar-refractivity contribution is 5.64. The molecule has 4 rings (SSSR count). The summed E-state index contributed by atoms with van der Waals surface area (Å²) in [5, 5.41) is 2.85. The molecule has 0 unspecified atom stereocenters. The number of rotatable bonds is 2. The summed E-state index contributed by atoms with van der Waals surface area (Å²) in [6.45, 7) is 0. The third kappa shape index (κ3) is 2.42. The van der Waals surface area contributed by atoms with Crippen molar-refractivity contribution in [2.24, 2.45) is 0 Å². The molecule has 0 saturated heterocycles. The van der Waals surface area contributed by atoms with Crippen LogP contribution in [0.5, 0.6) is 0 Å². The molecule has 23 heavy (non-hydrogen) atoms. The van der Waals surface area contributed by atoms with E-state index in [1.54, 1.807) is 6.20 Å². The van der Waals surface area contributed by atoms with Crippen molar-refractivity contribution in [3.8, 4) is 11.3 Å². The summed E-state index contributed by atoms with van der Waals surface area (Å²) in [7, 11) is 0. The summed E-state index contributed by atoms with van der Waals surface area (Å²) in [6, 6.07) is 6.11. The molecule has 1 aliphatic carbocycles. The quantitative estimate of drug-likeness (QED) is 0.785. The summed E-state index contributed by atoms with van der Waals surface area (Å²) in [5.74, 6) is 0.375. The zero-order valence-corrected chi connectivity index (χ0v) is 11.9. The lowest BCUT2D eigenvalue weighted by Gasteiger charge is -2.08. The average molecular weight is 319 g/mol. The van der Waals surface area contributed by atoms with E-state index in [1.165, 1.54) is 22.7 Å². The highest BCUT2D eigenvalue weighted by Crippen LogP contribution is 2.41. The fourth-order valence-electron chi connectivity index (χ4n) is 2.70. The minimum absolute atomic E-state index is 0.252. The first-order valence-corrected chi connectivity index (χ1v) is 7.22. The molecule has 0 amide bonds. The standard InChI is InChI=1S/C16H12F3N3O/c17-16(18,19)11-3-1-2-10(6-11)13-7-14(23)22-15(21-13)12(8-20-22)9-4-5-9/h1-3,6-9,20H,4-5H2. The van der Waals surface area contributed by atoms with Crippen LogP contribution in [0.1, 0.15) is 29.9 Å². The Labute approximate surface area is 128 Å². The predicted octanol–water partition coefficient (Wildman–Crippen LogP) is 3.59. The van der Waals surface area contributed by atoms with E-state index in [-0.39, 0.29) is 16.8 Å². The predicted molar refractivity (Wildman–Crippen MR) is 78.2 cm³/mol. The zero-order chi connectivity index (χ0) is 16.2. The maximum absolute atomic E-state index is 12.9. The monoisotopic (exact) mass is 319 g/mol. The van der Waals surface area contributed by atoms with Crippen LogP contribution in [0, 0.1) is 0 Å². The van der Waals surface area contributed by atoms with Gasteiger partial charge < -0.3 is 0 Å². The lowest BCUT2D eigenvalue weighted by molar-refractivity contribution is -0.137. The van der Waals surface area contributed by atoms with Crippen LogP contribution in [0.25, 0.3) is 16.9 Å². The van der Waals surface area contributed by atoms with Gasteiger partial charge in [0.25, 0.3) is 5.56 Å². The molecule has 2 heterocycles. The Morgan fingerprint density at radius 3 is 2.70 bits per heavy atom. The number of fused-ring (bicyclic) bond motifs is 1. The summed E-state index contributed by atoms with van der Waals surface area (Å²) in [5.41, 5.74) is 0.871. The molecule has 7 heteroatoms. The smallest absolute Gasteiger partial charge is 0.297 e. The lowest BCUT2D eigenvalue weighted by atomic mass is 10.1. The first kappa shape index (κ1) is 14.0. The molecule has 1 aromatic carbocycles. The van der Waals surface area contributed by atoms with E-state index in [0.717, 1.165) is 30.5 Å². The van der Waals surface area contributed by atoms with Crippen molar-refractivity contribution in [2.45, 2.75) is 24.9 Å². The van der Waals surface area contributed by atoms with Crippen LogP contribution >= 0.6 is 0 Å². The molecule has 1 N–H and O–H groups in total. The molecule has 1 fully saturated rings. The van der Waals surface area contributed by atoms with Crippen molar-refractivity contribution in [3.05, 3.63) is 58.0 Å². The van der Waals surface area contributed by atoms with Gasteiger partial charge in [-0.2, -0.15) is 13.2 Å². The van der Waals surface area contributed by atoms with Gasteiger partial charge in [-0.15, -0.1) is 0 Å². The number of aromatic nitrogens is 3. The van der Waals surface area contributed by atoms with Crippen LogP contribution in [0.3, 0.4) is 0 Å². The van der Waals surface area contributed by atoms with Gasteiger partial charge in [-0.05, 0) is 30.9 Å². The second-order valence-electron chi connectivity index (χ2n) is 5.72. The van der Waals surface area contributed by atoms with Crippen molar-refractivity contribution >= 4 is 5.65 Å². The Morgan fingerprint density at radius 2 is 2.00 bits per heavy atom. The van der Waals surface area contributed by atoms with Gasteiger partial charge in [-0.25, -0.2) is 9.50 Å². The number of alkyl halides is 3. The fraction of sp³-hybridized carbons (Fsp3) is 0.250. The van der Waals surface area contributed by atoms with Gasteiger partial charge in [0, 0.05) is 23.4 Å². The van der Waals surface area contributed by atoms with Crippen molar-refractivity contribution < 1.29 is 13.2 Å².